The molecule has 0 amide bonds. The summed E-state index contributed by atoms with van der Waals surface area (Å²) >= 11 is 18.2. The zero-order chi connectivity index (χ0) is 27.6. The lowest BCUT2D eigenvalue weighted by Crippen LogP contribution is -2.33. The summed E-state index contributed by atoms with van der Waals surface area (Å²) in [6.45, 7) is 0.271. The molecule has 0 saturated carbocycles. The third kappa shape index (κ3) is 6.07. The molecule has 1 atom stereocenters. The molecule has 39 heavy (non-hydrogen) atoms. The number of halogens is 3. The minimum atomic E-state index is -4.21. The molecule has 196 valence electrons. The van der Waals surface area contributed by atoms with Gasteiger partial charge < -0.3 is 0 Å². The molecule has 10 heteroatoms. The summed E-state index contributed by atoms with van der Waals surface area (Å²) in [7, 11) is -4.21. The number of nitrogens with zero attached hydrogens (tertiary/aromatic N) is 3. The molecule has 0 aliphatic carbocycles. The smallest absolute Gasteiger partial charge is 0.284 e. The van der Waals surface area contributed by atoms with Gasteiger partial charge in [0.1, 0.15) is 5.71 Å². The maximum Gasteiger partial charge on any atom is 0.284 e. The van der Waals surface area contributed by atoms with Gasteiger partial charge in [0.2, 0.25) is 0 Å². The van der Waals surface area contributed by atoms with Gasteiger partial charge in [-0.1, -0.05) is 89.4 Å². The highest BCUT2D eigenvalue weighted by atomic mass is 35.5. The van der Waals surface area contributed by atoms with Crippen LogP contribution in [0.1, 0.15) is 22.6 Å². The number of rotatable bonds is 6. The summed E-state index contributed by atoms with van der Waals surface area (Å²) in [5, 5.41) is 16.8. The van der Waals surface area contributed by atoms with E-state index in [4.69, 9.17) is 45.3 Å². The predicted molar refractivity (Wildman–Crippen MR) is 158 cm³/mol. The van der Waals surface area contributed by atoms with Crippen molar-refractivity contribution in [2.24, 2.45) is 9.50 Å². The molecule has 1 N–H and O–H groups in total. The second-order valence-electron chi connectivity index (χ2n) is 8.76. The van der Waals surface area contributed by atoms with Crippen LogP contribution in [0.3, 0.4) is 0 Å². The maximum atomic E-state index is 13.4. The maximum absolute atomic E-state index is 13.4. The van der Waals surface area contributed by atoms with Crippen molar-refractivity contribution in [3.05, 3.63) is 135 Å². The first kappa shape index (κ1) is 27.1. The van der Waals surface area contributed by atoms with Gasteiger partial charge >= 0.3 is 0 Å². The van der Waals surface area contributed by atoms with Gasteiger partial charge in [-0.25, -0.2) is 5.01 Å². The van der Waals surface area contributed by atoms with Crippen molar-refractivity contribution in [3.8, 4) is 0 Å². The third-order valence-electron chi connectivity index (χ3n) is 6.18. The fourth-order valence-corrected chi connectivity index (χ4v) is 5.58. The number of benzene rings is 4. The van der Waals surface area contributed by atoms with E-state index < -0.39 is 10.0 Å². The van der Waals surface area contributed by atoms with Crippen molar-refractivity contribution >= 4 is 62.1 Å². The fraction of sp³-hybridized carbons (Fsp3) is 0.0690. The van der Waals surface area contributed by atoms with Crippen LogP contribution >= 0.6 is 34.8 Å². The Balaban J connectivity index is 1.64. The van der Waals surface area contributed by atoms with Gasteiger partial charge in [-0.3, -0.25) is 5.41 Å². The van der Waals surface area contributed by atoms with E-state index in [1.165, 1.54) is 29.3 Å². The highest BCUT2D eigenvalue weighted by molar-refractivity contribution is 7.90. The molecule has 0 unspecified atom stereocenters. The van der Waals surface area contributed by atoms with Crippen LogP contribution in [-0.4, -0.2) is 37.2 Å². The summed E-state index contributed by atoms with van der Waals surface area (Å²) in [6, 6.07) is 29.3. The molecule has 1 heterocycles. The largest absolute Gasteiger partial charge is 0.296 e. The summed E-state index contributed by atoms with van der Waals surface area (Å²) in [4.78, 5) is -0.0472. The molecule has 6 nitrogen and oxygen atoms in total. The first-order valence-corrected chi connectivity index (χ1v) is 14.4. The number of sulfonamides is 1. The van der Waals surface area contributed by atoms with Crippen LogP contribution in [0.25, 0.3) is 0 Å². The van der Waals surface area contributed by atoms with Crippen LogP contribution in [0.5, 0.6) is 0 Å². The Hall–Kier alpha value is -3.49. The minimum Gasteiger partial charge on any atom is -0.296 e. The van der Waals surface area contributed by atoms with Gasteiger partial charge in [0.05, 0.1) is 17.2 Å². The number of hydrogen-bond donors (Lipinski definition) is 1. The monoisotopic (exact) mass is 594 g/mol. The second kappa shape index (κ2) is 11.3. The lowest BCUT2D eigenvalue weighted by Gasteiger charge is -2.19. The Morgan fingerprint density at radius 1 is 0.795 bits per heavy atom. The average molecular weight is 596 g/mol. The number of nitrogens with one attached hydrogen (secondary N) is 1. The average Bonchev–Trinajstić information content (AvgIpc) is 3.38. The minimum absolute atomic E-state index is 0.0472. The van der Waals surface area contributed by atoms with E-state index in [9.17, 15) is 8.42 Å². The van der Waals surface area contributed by atoms with Crippen LogP contribution in [0.2, 0.25) is 15.1 Å². The molecule has 0 bridgehead atoms. The van der Waals surface area contributed by atoms with E-state index in [2.05, 4.69) is 4.40 Å². The molecule has 4 aromatic rings. The molecule has 0 saturated heterocycles. The molecule has 5 rings (SSSR count). The Bertz CT molecular complexity index is 1670. The molecule has 0 spiro atoms. The molecule has 0 radical (unpaired) electrons. The van der Waals surface area contributed by atoms with Gasteiger partial charge in [-0.2, -0.15) is 13.5 Å². The molecule has 0 fully saturated rings. The Kier molecular flexibility index (Phi) is 7.86. The number of hydrazone groups is 1. The highest BCUT2D eigenvalue weighted by Crippen LogP contribution is 2.31. The van der Waals surface area contributed by atoms with Gasteiger partial charge in [0, 0.05) is 26.5 Å². The van der Waals surface area contributed by atoms with Crippen LogP contribution in [0, 0.1) is 5.41 Å². The van der Waals surface area contributed by atoms with Crippen LogP contribution in [0.4, 0.5) is 0 Å². The fourth-order valence-electron chi connectivity index (χ4n) is 4.20. The molecular weight excluding hydrogens is 575 g/mol. The quantitative estimate of drug-likeness (QED) is 0.187. The van der Waals surface area contributed by atoms with Crippen molar-refractivity contribution in [2.75, 3.05) is 6.54 Å². The molecule has 0 aromatic heterocycles. The van der Waals surface area contributed by atoms with Gasteiger partial charge in [0.25, 0.3) is 10.0 Å². The summed E-state index contributed by atoms with van der Waals surface area (Å²) < 4.78 is 31.0. The summed E-state index contributed by atoms with van der Waals surface area (Å²) in [5.41, 5.74) is 2.85. The third-order valence-corrected chi connectivity index (χ3v) is 8.21. The van der Waals surface area contributed by atoms with Gasteiger partial charge in [-0.15, -0.1) is 4.40 Å². The Labute approximate surface area is 241 Å². The highest BCUT2D eigenvalue weighted by Gasteiger charge is 2.34. The first-order valence-electron chi connectivity index (χ1n) is 11.8. The lowest BCUT2D eigenvalue weighted by atomic mass is 9.90. The van der Waals surface area contributed by atoms with Crippen LogP contribution in [-0.2, 0) is 10.0 Å². The van der Waals surface area contributed by atoms with E-state index in [0.717, 1.165) is 11.1 Å². The zero-order valence-electron chi connectivity index (χ0n) is 20.3. The predicted octanol–water partition coefficient (Wildman–Crippen LogP) is 7.31. The second-order valence-corrected chi connectivity index (χ2v) is 11.7. The van der Waals surface area contributed by atoms with Gasteiger partial charge in [0.15, 0.2) is 5.84 Å². The topological polar surface area (TPSA) is 85.9 Å². The Morgan fingerprint density at radius 2 is 1.33 bits per heavy atom. The SMILES string of the molecule is N=C(/C(=N\S(=O)(=O)c1ccc(Cl)cc1)N1C[C@@H](c2ccccc2)C(c2ccc(Cl)cc2)=N1)c1ccc(Cl)cc1. The van der Waals surface area contributed by atoms with E-state index in [0.29, 0.717) is 26.3 Å². The first-order chi connectivity index (χ1) is 18.7. The van der Waals surface area contributed by atoms with Crippen molar-refractivity contribution in [1.82, 2.24) is 5.01 Å². The van der Waals surface area contributed by atoms with Crippen LogP contribution < -0.4 is 0 Å². The van der Waals surface area contributed by atoms with Crippen LogP contribution in [0.15, 0.2) is 118 Å². The molecule has 1 aliphatic heterocycles. The van der Waals surface area contributed by atoms with Crippen molar-refractivity contribution < 1.29 is 8.42 Å². The number of amidine groups is 1. The normalized spacial score (nSPS) is 15.8. The van der Waals surface area contributed by atoms with Gasteiger partial charge in [-0.05, 0) is 59.7 Å². The number of hydrogen-bond acceptors (Lipinski definition) is 4. The van der Waals surface area contributed by atoms with E-state index in [-0.39, 0.29) is 28.9 Å². The molecular formula is C29H21Cl3N4O2S. The van der Waals surface area contributed by atoms with E-state index >= 15 is 0 Å². The standard InChI is InChI=1S/C29H21Cl3N4O2S/c30-22-10-6-20(7-11-22)27(33)29(35-39(37,38)25-16-14-24(32)15-17-25)36-18-26(19-4-2-1-3-5-19)28(34-36)21-8-12-23(31)13-9-21/h1-17,26,33H,18H2/b33-27?,35-29+/t26-/m0/s1. The van der Waals surface area contributed by atoms with E-state index in [1.807, 2.05) is 42.5 Å². The van der Waals surface area contributed by atoms with Crippen molar-refractivity contribution in [2.45, 2.75) is 10.8 Å². The lowest BCUT2D eigenvalue weighted by molar-refractivity contribution is 0.480. The Morgan fingerprint density at radius 3 is 1.92 bits per heavy atom. The van der Waals surface area contributed by atoms with Crippen molar-refractivity contribution in [3.63, 3.8) is 0 Å². The molecule has 1 aliphatic rings. The summed E-state index contributed by atoms with van der Waals surface area (Å²) in [6.07, 6.45) is 0. The zero-order valence-corrected chi connectivity index (χ0v) is 23.4. The van der Waals surface area contributed by atoms with Crippen molar-refractivity contribution in [1.29, 1.82) is 5.41 Å². The summed E-state index contributed by atoms with van der Waals surface area (Å²) in [5.74, 6) is -0.328. The van der Waals surface area contributed by atoms with E-state index in [1.54, 1.807) is 36.4 Å². The molecule has 4 aromatic carbocycles.